The third kappa shape index (κ3) is 6.88. The molecule has 1 aromatic heterocycles. The van der Waals surface area contributed by atoms with E-state index in [9.17, 15) is 0 Å². The molecule has 0 aliphatic heterocycles. The lowest BCUT2D eigenvalue weighted by atomic mass is 9.90. The Kier molecular flexibility index (Phi) is 10.2. The summed E-state index contributed by atoms with van der Waals surface area (Å²) in [5, 5.41) is 5.19. The van der Waals surface area contributed by atoms with Crippen molar-refractivity contribution in [3.05, 3.63) is 58.9 Å². The van der Waals surface area contributed by atoms with Crippen LogP contribution < -0.4 is 21.5 Å². The first-order valence-corrected chi connectivity index (χ1v) is 11.0. The maximum atomic E-state index is 5.98. The molecule has 0 saturated heterocycles. The average molecular weight is 524 g/mol. The summed E-state index contributed by atoms with van der Waals surface area (Å²) in [6.45, 7) is 0. The highest BCUT2D eigenvalue weighted by atomic mass is 35.5. The second-order valence-corrected chi connectivity index (χ2v) is 8.29. The van der Waals surface area contributed by atoms with Gasteiger partial charge in [0.15, 0.2) is 11.8 Å². The maximum Gasteiger partial charge on any atom is 0.186 e. The lowest BCUT2D eigenvalue weighted by molar-refractivity contribution is 0.405. The first-order chi connectivity index (χ1) is 15.5. The van der Waals surface area contributed by atoms with Crippen LogP contribution in [0.15, 0.2) is 47.5 Å². The van der Waals surface area contributed by atoms with Gasteiger partial charge in [0.05, 0.1) is 24.7 Å². The number of nitrogens with two attached hydrogens (primary N) is 2. The summed E-state index contributed by atoms with van der Waals surface area (Å²) in [5.41, 5.74) is 13.2. The molecule has 2 aromatic carbocycles. The molecule has 0 radical (unpaired) electrons. The number of aromatic nitrogens is 2. The molecule has 5 N–H and O–H groups in total. The normalized spacial score (nSPS) is 17.5. The third-order valence-corrected chi connectivity index (χ3v) is 5.83. The molecule has 4 rings (SSSR count). The third-order valence-electron chi connectivity index (χ3n) is 5.58. The molecule has 1 aliphatic carbocycles. The number of ether oxygens (including phenoxy) is 1. The summed E-state index contributed by atoms with van der Waals surface area (Å²) >= 11 is 5.98. The molecule has 0 amide bonds. The lowest BCUT2D eigenvalue weighted by Gasteiger charge is -2.30. The SMILES string of the molecule is COc1ccc2nc(/C=C/c3ccc(Cl)cc3)nc(NC3CCCCC3N=C(N)N)c2c1.Cl.Cl. The molecule has 182 valence electrons. The van der Waals surface area contributed by atoms with E-state index in [0.29, 0.717) is 10.8 Å². The molecule has 34 heavy (non-hydrogen) atoms. The quantitative estimate of drug-likeness (QED) is 0.298. The minimum absolute atomic E-state index is 0. The van der Waals surface area contributed by atoms with E-state index in [1.54, 1.807) is 7.11 Å². The van der Waals surface area contributed by atoms with Crippen LogP contribution in [0.5, 0.6) is 5.75 Å². The molecule has 1 aliphatic rings. The number of fused-ring (bicyclic) bond motifs is 1. The number of guanidine groups is 1. The van der Waals surface area contributed by atoms with Crippen molar-refractivity contribution >= 4 is 71.2 Å². The number of anilines is 1. The zero-order chi connectivity index (χ0) is 22.5. The first-order valence-electron chi connectivity index (χ1n) is 10.7. The summed E-state index contributed by atoms with van der Waals surface area (Å²) in [6, 6.07) is 13.5. The van der Waals surface area contributed by atoms with Crippen LogP contribution in [0.1, 0.15) is 37.1 Å². The molecule has 0 spiro atoms. The molecular weight excluding hydrogens is 495 g/mol. The number of nitrogens with zero attached hydrogens (tertiary/aromatic N) is 3. The smallest absolute Gasteiger partial charge is 0.186 e. The van der Waals surface area contributed by atoms with E-state index < -0.39 is 0 Å². The minimum atomic E-state index is 0. The number of nitrogens with one attached hydrogen (secondary N) is 1. The Balaban J connectivity index is 0.00000204. The van der Waals surface area contributed by atoms with Gasteiger partial charge < -0.3 is 21.5 Å². The predicted octanol–water partition coefficient (Wildman–Crippen LogP) is 5.30. The molecular formula is C24H29Cl3N6O. The van der Waals surface area contributed by atoms with E-state index in [0.717, 1.165) is 53.7 Å². The van der Waals surface area contributed by atoms with Crippen molar-refractivity contribution in [3.63, 3.8) is 0 Å². The van der Waals surface area contributed by atoms with E-state index in [1.807, 2.05) is 54.6 Å². The van der Waals surface area contributed by atoms with Gasteiger partial charge in [-0.25, -0.2) is 15.0 Å². The fourth-order valence-corrected chi connectivity index (χ4v) is 4.11. The molecule has 2 atom stereocenters. The zero-order valence-electron chi connectivity index (χ0n) is 18.8. The van der Waals surface area contributed by atoms with E-state index in [4.69, 9.17) is 37.8 Å². The first kappa shape index (κ1) is 27.5. The predicted molar refractivity (Wildman–Crippen MR) is 146 cm³/mol. The van der Waals surface area contributed by atoms with E-state index in [2.05, 4.69) is 10.3 Å². The van der Waals surface area contributed by atoms with Gasteiger partial charge in [-0.05, 0) is 54.8 Å². The Morgan fingerprint density at radius 1 is 1.06 bits per heavy atom. The second kappa shape index (κ2) is 12.6. The van der Waals surface area contributed by atoms with Gasteiger partial charge in [0, 0.05) is 10.4 Å². The van der Waals surface area contributed by atoms with Crippen molar-refractivity contribution in [2.75, 3.05) is 12.4 Å². The molecule has 7 nitrogen and oxygen atoms in total. The van der Waals surface area contributed by atoms with Crippen molar-refractivity contribution < 1.29 is 4.74 Å². The van der Waals surface area contributed by atoms with Gasteiger partial charge in [0.25, 0.3) is 0 Å². The Labute approximate surface area is 216 Å². The highest BCUT2D eigenvalue weighted by Gasteiger charge is 2.26. The standard InChI is InChI=1S/C24H27ClN6O.2ClH/c1-32-17-11-12-19-18(14-17)23(29-20-4-2-3-5-21(20)30-24(26)27)31-22(28-19)13-8-15-6-9-16(25)10-7-15;;/h6-14,20-21H,2-5H2,1H3,(H4,26,27,30)(H,28,29,31);2*1H/b13-8+;;. The lowest BCUT2D eigenvalue weighted by Crippen LogP contribution is -2.38. The summed E-state index contributed by atoms with van der Waals surface area (Å²) in [7, 11) is 1.65. The molecule has 0 bridgehead atoms. The monoisotopic (exact) mass is 522 g/mol. The van der Waals surface area contributed by atoms with Gasteiger partial charge in [-0.3, -0.25) is 0 Å². The fourth-order valence-electron chi connectivity index (χ4n) is 3.98. The van der Waals surface area contributed by atoms with Crippen molar-refractivity contribution in [2.24, 2.45) is 16.5 Å². The van der Waals surface area contributed by atoms with Crippen LogP contribution in [0.2, 0.25) is 5.02 Å². The number of methoxy groups -OCH3 is 1. The molecule has 10 heteroatoms. The van der Waals surface area contributed by atoms with E-state index in [1.165, 1.54) is 0 Å². The van der Waals surface area contributed by atoms with Crippen LogP contribution in [0.4, 0.5) is 5.82 Å². The maximum absolute atomic E-state index is 5.98. The zero-order valence-corrected chi connectivity index (χ0v) is 21.2. The Morgan fingerprint density at radius 3 is 2.50 bits per heavy atom. The van der Waals surface area contributed by atoms with Crippen molar-refractivity contribution in [3.8, 4) is 5.75 Å². The van der Waals surface area contributed by atoms with Crippen LogP contribution in [-0.4, -0.2) is 35.1 Å². The number of hydrogen-bond donors (Lipinski definition) is 3. The van der Waals surface area contributed by atoms with E-state index in [-0.39, 0.29) is 42.9 Å². The van der Waals surface area contributed by atoms with Gasteiger partial charge in [-0.1, -0.05) is 42.7 Å². The highest BCUT2D eigenvalue weighted by molar-refractivity contribution is 6.30. The Bertz CT molecular complexity index is 1150. The molecule has 1 heterocycles. The molecule has 1 saturated carbocycles. The number of rotatable bonds is 6. The average Bonchev–Trinajstić information content (AvgIpc) is 2.79. The Hall–Kier alpha value is -2.74. The molecule has 3 aromatic rings. The number of halogens is 3. The summed E-state index contributed by atoms with van der Waals surface area (Å²) < 4.78 is 5.42. The largest absolute Gasteiger partial charge is 0.497 e. The highest BCUT2D eigenvalue weighted by Crippen LogP contribution is 2.30. The summed E-state index contributed by atoms with van der Waals surface area (Å²) in [5.74, 6) is 2.21. The van der Waals surface area contributed by atoms with E-state index >= 15 is 0 Å². The van der Waals surface area contributed by atoms with Crippen LogP contribution in [0.25, 0.3) is 23.1 Å². The van der Waals surface area contributed by atoms with Gasteiger partial charge in [0.2, 0.25) is 0 Å². The summed E-state index contributed by atoms with van der Waals surface area (Å²) in [6.07, 6.45) is 7.98. The van der Waals surface area contributed by atoms with Crippen LogP contribution in [0, 0.1) is 0 Å². The van der Waals surface area contributed by atoms with Gasteiger partial charge in [-0.15, -0.1) is 24.8 Å². The van der Waals surface area contributed by atoms with Gasteiger partial charge >= 0.3 is 0 Å². The van der Waals surface area contributed by atoms with Crippen LogP contribution >= 0.6 is 36.4 Å². The fraction of sp³-hybridized carbons (Fsp3) is 0.292. The van der Waals surface area contributed by atoms with Crippen LogP contribution in [0.3, 0.4) is 0 Å². The van der Waals surface area contributed by atoms with Gasteiger partial charge in [0.1, 0.15) is 11.6 Å². The minimum Gasteiger partial charge on any atom is -0.497 e. The molecule has 1 fully saturated rings. The number of benzene rings is 2. The number of aliphatic imine (C=N–C) groups is 1. The molecule has 2 unspecified atom stereocenters. The van der Waals surface area contributed by atoms with Crippen molar-refractivity contribution in [1.29, 1.82) is 0 Å². The topological polar surface area (TPSA) is 111 Å². The van der Waals surface area contributed by atoms with Gasteiger partial charge in [-0.2, -0.15) is 0 Å². The second-order valence-electron chi connectivity index (χ2n) is 7.85. The van der Waals surface area contributed by atoms with Crippen molar-refractivity contribution in [1.82, 2.24) is 9.97 Å². The number of hydrogen-bond acceptors (Lipinski definition) is 5. The Morgan fingerprint density at radius 2 is 1.79 bits per heavy atom. The van der Waals surface area contributed by atoms with Crippen molar-refractivity contribution in [2.45, 2.75) is 37.8 Å². The summed E-state index contributed by atoms with van der Waals surface area (Å²) in [4.78, 5) is 14.0. The van der Waals surface area contributed by atoms with Crippen LogP contribution in [-0.2, 0) is 0 Å².